The van der Waals surface area contributed by atoms with Gasteiger partial charge in [-0.05, 0) is 36.6 Å². The second-order valence-electron chi connectivity index (χ2n) is 4.78. The summed E-state index contributed by atoms with van der Waals surface area (Å²) >= 11 is 0. The lowest BCUT2D eigenvalue weighted by molar-refractivity contribution is -0.137. The molecular formula is C16H15F3N2. The Morgan fingerprint density at radius 1 is 1.10 bits per heavy atom. The van der Waals surface area contributed by atoms with Crippen molar-refractivity contribution in [2.24, 2.45) is 10.7 Å². The predicted octanol–water partition coefficient (Wildman–Crippen LogP) is 4.22. The summed E-state index contributed by atoms with van der Waals surface area (Å²) in [5, 5.41) is 0. The van der Waals surface area contributed by atoms with E-state index in [-0.39, 0.29) is 5.69 Å². The van der Waals surface area contributed by atoms with E-state index in [0.29, 0.717) is 12.0 Å². The van der Waals surface area contributed by atoms with E-state index < -0.39 is 11.7 Å². The molecule has 2 rings (SSSR count). The van der Waals surface area contributed by atoms with Gasteiger partial charge >= 0.3 is 6.18 Å². The van der Waals surface area contributed by atoms with Crippen LogP contribution in [0, 0.1) is 6.92 Å². The average molecular weight is 292 g/mol. The van der Waals surface area contributed by atoms with Crippen LogP contribution in [0.4, 0.5) is 18.9 Å². The van der Waals surface area contributed by atoms with Crippen molar-refractivity contribution in [2.75, 3.05) is 0 Å². The van der Waals surface area contributed by atoms with Crippen molar-refractivity contribution >= 4 is 12.0 Å². The zero-order chi connectivity index (χ0) is 15.5. The first-order valence-corrected chi connectivity index (χ1v) is 6.40. The summed E-state index contributed by atoms with van der Waals surface area (Å²) in [7, 11) is 0. The lowest BCUT2D eigenvalue weighted by atomic mass is 10.0. The number of nitrogens with zero attached hydrogens (tertiary/aromatic N) is 1. The van der Waals surface area contributed by atoms with Gasteiger partial charge in [0.05, 0.1) is 17.6 Å². The van der Waals surface area contributed by atoms with Gasteiger partial charge < -0.3 is 5.73 Å². The molecule has 0 atom stereocenters. The largest absolute Gasteiger partial charge is 0.416 e. The van der Waals surface area contributed by atoms with Crippen LogP contribution in [0.2, 0.25) is 0 Å². The van der Waals surface area contributed by atoms with Crippen molar-refractivity contribution in [3.63, 3.8) is 0 Å². The molecule has 0 aromatic heterocycles. The van der Waals surface area contributed by atoms with Crippen LogP contribution >= 0.6 is 0 Å². The molecule has 2 aromatic rings. The lowest BCUT2D eigenvalue weighted by Gasteiger charge is -2.11. The third-order valence-corrected chi connectivity index (χ3v) is 3.14. The van der Waals surface area contributed by atoms with Crippen LogP contribution in [0.25, 0.3) is 0 Å². The van der Waals surface area contributed by atoms with E-state index in [4.69, 9.17) is 5.73 Å². The highest BCUT2D eigenvalue weighted by Crippen LogP contribution is 2.33. The molecule has 21 heavy (non-hydrogen) atoms. The van der Waals surface area contributed by atoms with Gasteiger partial charge in [0.25, 0.3) is 0 Å². The third kappa shape index (κ3) is 3.84. The summed E-state index contributed by atoms with van der Waals surface area (Å²) in [6, 6.07) is 11.4. The molecule has 0 amide bonds. The van der Waals surface area contributed by atoms with Gasteiger partial charge in [-0.15, -0.1) is 0 Å². The molecule has 2 nitrogen and oxygen atoms in total. The van der Waals surface area contributed by atoms with E-state index in [1.807, 2.05) is 31.2 Å². The number of hydrogen-bond donors (Lipinski definition) is 1. The first-order chi connectivity index (χ1) is 9.90. The summed E-state index contributed by atoms with van der Waals surface area (Å²) in [6.45, 7) is 1.98. The molecule has 0 heterocycles. The highest BCUT2D eigenvalue weighted by molar-refractivity contribution is 5.62. The Balaban J connectivity index is 2.36. The van der Waals surface area contributed by atoms with Gasteiger partial charge in [0.2, 0.25) is 0 Å². The first kappa shape index (κ1) is 15.1. The maximum atomic E-state index is 12.7. The molecule has 2 aromatic carbocycles. The number of halogens is 3. The highest BCUT2D eigenvalue weighted by atomic mass is 19.4. The lowest BCUT2D eigenvalue weighted by Crippen LogP contribution is -2.05. The van der Waals surface area contributed by atoms with Crippen LogP contribution in [-0.4, -0.2) is 6.34 Å². The Kier molecular flexibility index (Phi) is 4.31. The normalized spacial score (nSPS) is 12.0. The van der Waals surface area contributed by atoms with Crippen LogP contribution in [0.5, 0.6) is 0 Å². The Morgan fingerprint density at radius 2 is 1.76 bits per heavy atom. The van der Waals surface area contributed by atoms with Gasteiger partial charge in [-0.25, -0.2) is 4.99 Å². The molecule has 0 radical (unpaired) electrons. The SMILES string of the molecule is Cc1ccc(Cc2ccc(C(F)(F)F)cc2N=CN)cc1. The average Bonchev–Trinajstić information content (AvgIpc) is 2.42. The Labute approximate surface area is 121 Å². The van der Waals surface area contributed by atoms with Crippen LogP contribution < -0.4 is 5.73 Å². The minimum absolute atomic E-state index is 0.243. The van der Waals surface area contributed by atoms with Gasteiger partial charge in [-0.3, -0.25) is 0 Å². The molecule has 2 N–H and O–H groups in total. The number of aliphatic imine (C=N–C) groups is 1. The number of benzene rings is 2. The molecule has 0 fully saturated rings. The van der Waals surface area contributed by atoms with E-state index in [9.17, 15) is 13.2 Å². The maximum Gasteiger partial charge on any atom is 0.416 e. The van der Waals surface area contributed by atoms with Gasteiger partial charge in [-0.1, -0.05) is 35.9 Å². The molecule has 0 bridgehead atoms. The second kappa shape index (κ2) is 5.99. The van der Waals surface area contributed by atoms with E-state index in [0.717, 1.165) is 29.6 Å². The summed E-state index contributed by atoms with van der Waals surface area (Å²) < 4.78 is 38.2. The van der Waals surface area contributed by atoms with Crippen molar-refractivity contribution in [3.05, 3.63) is 64.7 Å². The third-order valence-electron chi connectivity index (χ3n) is 3.14. The summed E-state index contributed by atoms with van der Waals surface area (Å²) in [5.41, 5.74) is 7.59. The van der Waals surface area contributed by atoms with Gasteiger partial charge in [0, 0.05) is 0 Å². The number of alkyl halides is 3. The molecule has 0 aliphatic carbocycles. The smallest absolute Gasteiger partial charge is 0.390 e. The Morgan fingerprint density at radius 3 is 2.33 bits per heavy atom. The molecule has 0 aliphatic rings. The first-order valence-electron chi connectivity index (χ1n) is 6.40. The molecule has 0 spiro atoms. The second-order valence-corrected chi connectivity index (χ2v) is 4.78. The van der Waals surface area contributed by atoms with Crippen molar-refractivity contribution in [1.82, 2.24) is 0 Å². The standard InChI is InChI=1S/C16H15F3N2/c1-11-2-4-12(5-3-11)8-13-6-7-14(16(17,18)19)9-15(13)21-10-20/h2-7,9-10H,8H2,1H3,(H2,20,21). The fraction of sp³-hybridized carbons (Fsp3) is 0.188. The highest BCUT2D eigenvalue weighted by Gasteiger charge is 2.30. The number of aryl methyl sites for hydroxylation is 1. The topological polar surface area (TPSA) is 38.4 Å². The zero-order valence-electron chi connectivity index (χ0n) is 11.5. The minimum atomic E-state index is -4.39. The number of rotatable bonds is 3. The molecule has 110 valence electrons. The maximum absolute atomic E-state index is 12.7. The van der Waals surface area contributed by atoms with Gasteiger partial charge in [0.1, 0.15) is 0 Å². The quantitative estimate of drug-likeness (QED) is 0.667. The minimum Gasteiger partial charge on any atom is -0.390 e. The monoisotopic (exact) mass is 292 g/mol. The van der Waals surface area contributed by atoms with Crippen LogP contribution in [0.15, 0.2) is 47.5 Å². The van der Waals surface area contributed by atoms with Crippen LogP contribution in [-0.2, 0) is 12.6 Å². The summed E-state index contributed by atoms with van der Waals surface area (Å²) in [4.78, 5) is 3.85. The Bertz CT molecular complexity index is 644. The Hall–Kier alpha value is -2.30. The van der Waals surface area contributed by atoms with Crippen molar-refractivity contribution < 1.29 is 13.2 Å². The fourth-order valence-electron chi connectivity index (χ4n) is 2.02. The predicted molar refractivity (Wildman–Crippen MR) is 77.8 cm³/mol. The van der Waals surface area contributed by atoms with E-state index >= 15 is 0 Å². The summed E-state index contributed by atoms with van der Waals surface area (Å²) in [5.74, 6) is 0. The van der Waals surface area contributed by atoms with E-state index in [1.54, 1.807) is 0 Å². The molecule has 0 unspecified atom stereocenters. The molecule has 5 heteroatoms. The van der Waals surface area contributed by atoms with E-state index in [1.165, 1.54) is 6.07 Å². The fourth-order valence-corrected chi connectivity index (χ4v) is 2.02. The summed E-state index contributed by atoms with van der Waals surface area (Å²) in [6.07, 6.45) is -2.87. The zero-order valence-corrected chi connectivity index (χ0v) is 11.5. The van der Waals surface area contributed by atoms with Crippen molar-refractivity contribution in [3.8, 4) is 0 Å². The molecule has 0 saturated carbocycles. The number of nitrogens with two attached hydrogens (primary N) is 1. The molecule has 0 aliphatic heterocycles. The van der Waals surface area contributed by atoms with E-state index in [2.05, 4.69) is 4.99 Å². The van der Waals surface area contributed by atoms with Gasteiger partial charge in [-0.2, -0.15) is 13.2 Å². The van der Waals surface area contributed by atoms with Crippen molar-refractivity contribution in [2.45, 2.75) is 19.5 Å². The number of hydrogen-bond acceptors (Lipinski definition) is 1. The molecular weight excluding hydrogens is 277 g/mol. The van der Waals surface area contributed by atoms with Crippen molar-refractivity contribution in [1.29, 1.82) is 0 Å². The van der Waals surface area contributed by atoms with Gasteiger partial charge in [0.15, 0.2) is 0 Å². The van der Waals surface area contributed by atoms with Crippen LogP contribution in [0.1, 0.15) is 22.3 Å². The molecule has 0 saturated heterocycles. The van der Waals surface area contributed by atoms with Crippen LogP contribution in [0.3, 0.4) is 0 Å².